The van der Waals surface area contributed by atoms with Crippen LogP contribution in [0.3, 0.4) is 0 Å². The van der Waals surface area contributed by atoms with Gasteiger partial charge in [-0.25, -0.2) is 9.37 Å². The van der Waals surface area contributed by atoms with Gasteiger partial charge in [0, 0.05) is 17.4 Å². The van der Waals surface area contributed by atoms with Crippen LogP contribution in [-0.4, -0.2) is 14.7 Å². The predicted molar refractivity (Wildman–Crippen MR) is 94.2 cm³/mol. The summed E-state index contributed by atoms with van der Waals surface area (Å²) in [5.41, 5.74) is 3.96. The second-order valence-corrected chi connectivity index (χ2v) is 6.00. The quantitative estimate of drug-likeness (QED) is 0.502. The summed E-state index contributed by atoms with van der Waals surface area (Å²) in [6.45, 7) is 1.85. The molecule has 0 saturated heterocycles. The second-order valence-electron chi connectivity index (χ2n) is 5.59. The van der Waals surface area contributed by atoms with Gasteiger partial charge in [0.1, 0.15) is 17.3 Å². The summed E-state index contributed by atoms with van der Waals surface area (Å²) in [5.74, 6) is 0.230. The topological polar surface area (TPSA) is 43.9 Å². The van der Waals surface area contributed by atoms with Crippen LogP contribution in [-0.2, 0) is 0 Å². The van der Waals surface area contributed by atoms with E-state index < -0.39 is 5.82 Å². The van der Waals surface area contributed by atoms with Gasteiger partial charge in [0.15, 0.2) is 0 Å². The summed E-state index contributed by atoms with van der Waals surface area (Å²) in [6.07, 6.45) is 3.50. The number of aromatic nitrogens is 3. The van der Waals surface area contributed by atoms with Crippen molar-refractivity contribution >= 4 is 11.6 Å². The number of halogens is 2. The fourth-order valence-electron chi connectivity index (χ4n) is 2.71. The summed E-state index contributed by atoms with van der Waals surface area (Å²) in [4.78, 5) is 4.46. The van der Waals surface area contributed by atoms with Gasteiger partial charge in [-0.15, -0.1) is 0 Å². The van der Waals surface area contributed by atoms with Crippen LogP contribution in [0.4, 0.5) is 4.39 Å². The van der Waals surface area contributed by atoms with Crippen LogP contribution in [0.25, 0.3) is 28.2 Å². The molecule has 0 amide bonds. The lowest BCUT2D eigenvalue weighted by molar-refractivity contribution is 0.400. The maximum absolute atomic E-state index is 13.4. The summed E-state index contributed by atoms with van der Waals surface area (Å²) in [7, 11) is 0. The maximum Gasteiger partial charge on any atom is 0.143 e. The number of rotatable bonds is 3. The first-order valence-electron chi connectivity index (χ1n) is 7.65. The summed E-state index contributed by atoms with van der Waals surface area (Å²) in [6, 6.07) is 14.3. The van der Waals surface area contributed by atoms with E-state index in [2.05, 4.69) is 10.1 Å². The van der Waals surface area contributed by atoms with Crippen LogP contribution < -0.4 is 0 Å². The van der Waals surface area contributed by atoms with E-state index in [4.69, 9.17) is 16.1 Å². The minimum Gasteiger partial charge on any atom is -0.360 e. The van der Waals surface area contributed by atoms with E-state index in [0.717, 1.165) is 28.2 Å². The summed E-state index contributed by atoms with van der Waals surface area (Å²) >= 11 is 5.87. The zero-order valence-electron chi connectivity index (χ0n) is 13.3. The number of hydrogen-bond donors (Lipinski definition) is 0. The van der Waals surface area contributed by atoms with Gasteiger partial charge >= 0.3 is 0 Å². The van der Waals surface area contributed by atoms with E-state index in [-0.39, 0.29) is 5.02 Å². The minimum absolute atomic E-state index is 0.0684. The molecule has 0 atom stereocenters. The lowest BCUT2D eigenvalue weighted by Gasteiger charge is -2.03. The predicted octanol–water partition coefficient (Wildman–Crippen LogP) is 5.30. The molecule has 0 saturated carbocycles. The van der Waals surface area contributed by atoms with Crippen LogP contribution in [0.5, 0.6) is 0 Å². The highest BCUT2D eigenvalue weighted by molar-refractivity contribution is 6.30. The van der Waals surface area contributed by atoms with Crippen molar-refractivity contribution < 1.29 is 8.91 Å². The molecule has 0 N–H and O–H groups in total. The van der Waals surface area contributed by atoms with Crippen LogP contribution in [0.15, 0.2) is 65.6 Å². The zero-order chi connectivity index (χ0) is 17.4. The fourth-order valence-corrected chi connectivity index (χ4v) is 2.88. The molecular formula is C19H13ClFN3O. The lowest BCUT2D eigenvalue weighted by atomic mass is 10.0. The SMILES string of the molecule is Cc1onc(-c2ccccc2)c1-c1cn(-c2ccc(F)c(Cl)c2)cn1. The van der Waals surface area contributed by atoms with Crippen LogP contribution in [0.2, 0.25) is 5.02 Å². The van der Waals surface area contributed by atoms with E-state index >= 15 is 0 Å². The Kier molecular flexibility index (Phi) is 3.86. The highest BCUT2D eigenvalue weighted by Gasteiger charge is 2.18. The van der Waals surface area contributed by atoms with Crippen molar-refractivity contribution in [1.29, 1.82) is 0 Å². The Morgan fingerprint density at radius 1 is 1.12 bits per heavy atom. The molecule has 0 fully saturated rings. The summed E-state index contributed by atoms with van der Waals surface area (Å²) < 4.78 is 20.5. The molecule has 2 heterocycles. The molecule has 2 aromatic heterocycles. The molecule has 0 unspecified atom stereocenters. The van der Waals surface area contributed by atoms with E-state index in [1.54, 1.807) is 23.0 Å². The second kappa shape index (κ2) is 6.18. The molecule has 0 radical (unpaired) electrons. The normalized spacial score (nSPS) is 11.0. The number of imidazole rings is 1. The van der Waals surface area contributed by atoms with Gasteiger partial charge in [-0.05, 0) is 25.1 Å². The molecule has 0 bridgehead atoms. The van der Waals surface area contributed by atoms with Gasteiger partial charge in [-0.1, -0.05) is 47.1 Å². The van der Waals surface area contributed by atoms with Crippen molar-refractivity contribution in [2.45, 2.75) is 6.92 Å². The van der Waals surface area contributed by atoms with Gasteiger partial charge in [0.2, 0.25) is 0 Å². The van der Waals surface area contributed by atoms with E-state index in [9.17, 15) is 4.39 Å². The number of nitrogens with zero attached hydrogens (tertiary/aromatic N) is 3. The first kappa shape index (κ1) is 15.6. The third kappa shape index (κ3) is 2.83. The van der Waals surface area contributed by atoms with Crippen molar-refractivity contribution in [2.75, 3.05) is 0 Å². The molecule has 25 heavy (non-hydrogen) atoms. The molecule has 4 nitrogen and oxygen atoms in total. The molecule has 0 spiro atoms. The van der Waals surface area contributed by atoms with Crippen LogP contribution in [0.1, 0.15) is 5.76 Å². The van der Waals surface area contributed by atoms with Crippen molar-refractivity contribution in [2.24, 2.45) is 0 Å². The Bertz CT molecular complexity index is 1040. The Morgan fingerprint density at radius 2 is 1.92 bits per heavy atom. The van der Waals surface area contributed by atoms with Gasteiger partial charge in [0.25, 0.3) is 0 Å². The lowest BCUT2D eigenvalue weighted by Crippen LogP contribution is -1.90. The largest absolute Gasteiger partial charge is 0.360 e. The smallest absolute Gasteiger partial charge is 0.143 e. The average molecular weight is 354 g/mol. The van der Waals surface area contributed by atoms with E-state index in [0.29, 0.717) is 5.76 Å². The Labute approximate surface area is 148 Å². The van der Waals surface area contributed by atoms with Gasteiger partial charge < -0.3 is 9.09 Å². The average Bonchev–Trinajstić information content (AvgIpc) is 3.24. The molecule has 124 valence electrons. The van der Waals surface area contributed by atoms with Crippen LogP contribution >= 0.6 is 11.6 Å². The number of benzene rings is 2. The zero-order valence-corrected chi connectivity index (χ0v) is 14.0. The monoisotopic (exact) mass is 353 g/mol. The van der Waals surface area contributed by atoms with Crippen LogP contribution in [0, 0.1) is 12.7 Å². The highest BCUT2D eigenvalue weighted by atomic mass is 35.5. The van der Waals surface area contributed by atoms with Gasteiger partial charge in [-0.2, -0.15) is 0 Å². The molecular weight excluding hydrogens is 341 g/mol. The third-order valence-electron chi connectivity index (χ3n) is 3.95. The highest BCUT2D eigenvalue weighted by Crippen LogP contribution is 2.33. The van der Waals surface area contributed by atoms with Crippen molar-refractivity contribution in [3.05, 3.63) is 77.7 Å². The molecule has 2 aromatic carbocycles. The Balaban J connectivity index is 1.79. The van der Waals surface area contributed by atoms with Crippen molar-refractivity contribution in [1.82, 2.24) is 14.7 Å². The molecule has 4 rings (SSSR count). The van der Waals surface area contributed by atoms with Crippen molar-refractivity contribution in [3.8, 4) is 28.2 Å². The first-order chi connectivity index (χ1) is 12.1. The van der Waals surface area contributed by atoms with E-state index in [1.165, 1.54) is 6.07 Å². The van der Waals surface area contributed by atoms with Crippen molar-refractivity contribution in [3.63, 3.8) is 0 Å². The standard InChI is InChI=1S/C19H13ClFN3O/c1-12-18(19(23-25-12)13-5-3-2-4-6-13)17-10-24(11-22-17)14-7-8-16(21)15(20)9-14/h2-11H,1H3. The molecule has 6 heteroatoms. The number of hydrogen-bond acceptors (Lipinski definition) is 3. The van der Waals surface area contributed by atoms with Gasteiger partial charge in [0.05, 0.1) is 22.6 Å². The molecule has 0 aliphatic heterocycles. The van der Waals surface area contributed by atoms with Gasteiger partial charge in [-0.3, -0.25) is 0 Å². The molecule has 4 aromatic rings. The Hall–Kier alpha value is -2.92. The Morgan fingerprint density at radius 3 is 2.68 bits per heavy atom. The fraction of sp³-hybridized carbons (Fsp3) is 0.0526. The molecule has 0 aliphatic rings. The van der Waals surface area contributed by atoms with E-state index in [1.807, 2.05) is 43.5 Å². The molecule has 0 aliphatic carbocycles. The summed E-state index contributed by atoms with van der Waals surface area (Å²) in [5, 5.41) is 4.24. The third-order valence-corrected chi connectivity index (χ3v) is 4.24. The minimum atomic E-state index is -0.452. The number of aryl methyl sites for hydroxylation is 1. The first-order valence-corrected chi connectivity index (χ1v) is 8.03. The maximum atomic E-state index is 13.4.